The van der Waals surface area contributed by atoms with Gasteiger partial charge in [0.05, 0.1) is 0 Å². The molecule has 1 heterocycles. The average molecular weight is 196 g/mol. The van der Waals surface area contributed by atoms with E-state index in [1.165, 1.54) is 0 Å². The van der Waals surface area contributed by atoms with Crippen molar-refractivity contribution in [3.8, 4) is 0 Å². The van der Waals surface area contributed by atoms with Gasteiger partial charge in [-0.15, -0.1) is 0 Å². The molecule has 1 aliphatic heterocycles. The van der Waals surface area contributed by atoms with Crippen molar-refractivity contribution in [3.05, 3.63) is 12.2 Å². The molecule has 2 N–H and O–H groups in total. The molecule has 78 valence electrons. The highest BCUT2D eigenvalue weighted by Crippen LogP contribution is 1.93. The predicted molar refractivity (Wildman–Crippen MR) is 53.6 cm³/mol. The minimum Gasteiger partial charge on any atom is -0.356 e. The van der Waals surface area contributed by atoms with Gasteiger partial charge >= 0.3 is 0 Å². The Hall–Kier alpha value is -1.32. The molecule has 0 fully saturated rings. The van der Waals surface area contributed by atoms with Crippen molar-refractivity contribution >= 4 is 11.8 Å². The Morgan fingerprint density at radius 3 is 1.71 bits per heavy atom. The second-order valence-corrected chi connectivity index (χ2v) is 3.25. The minimum absolute atomic E-state index is 0.0471. The Morgan fingerprint density at radius 2 is 1.29 bits per heavy atom. The second-order valence-electron chi connectivity index (χ2n) is 3.25. The lowest BCUT2D eigenvalue weighted by molar-refractivity contribution is -0.126. The van der Waals surface area contributed by atoms with Gasteiger partial charge in [-0.25, -0.2) is 0 Å². The van der Waals surface area contributed by atoms with Gasteiger partial charge in [-0.2, -0.15) is 0 Å². The lowest BCUT2D eigenvalue weighted by Crippen LogP contribution is -2.29. The quantitative estimate of drug-likeness (QED) is 0.549. The van der Waals surface area contributed by atoms with Crippen LogP contribution in [-0.2, 0) is 9.59 Å². The molecule has 0 spiro atoms. The third kappa shape index (κ3) is 4.64. The topological polar surface area (TPSA) is 58.2 Å². The van der Waals surface area contributed by atoms with Crippen molar-refractivity contribution in [3.63, 3.8) is 0 Å². The van der Waals surface area contributed by atoms with Crippen molar-refractivity contribution in [2.24, 2.45) is 0 Å². The number of carbonyl (C=O) groups excluding carboxylic acids is 2. The smallest absolute Gasteiger partial charge is 0.220 e. The highest BCUT2D eigenvalue weighted by atomic mass is 16.2. The van der Waals surface area contributed by atoms with Crippen LogP contribution in [0, 0.1) is 0 Å². The van der Waals surface area contributed by atoms with E-state index in [9.17, 15) is 9.59 Å². The standard InChI is InChI=1S/C10H16N2O2/c13-9-5-6-10(14)12-8-4-2-1-3-7-11-9/h1-2H,3-8H2,(H,11,13)(H,12,14)/b2-1+. The van der Waals surface area contributed by atoms with Crippen LogP contribution in [0.3, 0.4) is 0 Å². The van der Waals surface area contributed by atoms with E-state index in [1.54, 1.807) is 0 Å². The van der Waals surface area contributed by atoms with E-state index in [2.05, 4.69) is 10.6 Å². The van der Waals surface area contributed by atoms with Gasteiger partial charge in [0.1, 0.15) is 0 Å². The molecule has 2 amide bonds. The van der Waals surface area contributed by atoms with Gasteiger partial charge in [-0.1, -0.05) is 12.2 Å². The van der Waals surface area contributed by atoms with Crippen molar-refractivity contribution in [2.75, 3.05) is 13.1 Å². The van der Waals surface area contributed by atoms with E-state index in [-0.39, 0.29) is 24.7 Å². The van der Waals surface area contributed by atoms with Gasteiger partial charge in [-0.05, 0) is 12.8 Å². The number of carbonyl (C=O) groups is 2. The lowest BCUT2D eigenvalue weighted by Gasteiger charge is -2.06. The average Bonchev–Trinajstić information content (AvgIpc) is 2.17. The number of hydrogen-bond acceptors (Lipinski definition) is 2. The van der Waals surface area contributed by atoms with E-state index in [1.807, 2.05) is 12.2 Å². The molecule has 0 aromatic carbocycles. The summed E-state index contributed by atoms with van der Waals surface area (Å²) in [6.07, 6.45) is 6.34. The Bertz CT molecular complexity index is 212. The van der Waals surface area contributed by atoms with Crippen LogP contribution in [-0.4, -0.2) is 24.9 Å². The van der Waals surface area contributed by atoms with Crippen molar-refractivity contribution in [2.45, 2.75) is 25.7 Å². The summed E-state index contributed by atoms with van der Waals surface area (Å²) in [5.41, 5.74) is 0. The molecule has 4 nitrogen and oxygen atoms in total. The number of nitrogens with one attached hydrogen (secondary N) is 2. The molecule has 0 radical (unpaired) electrons. The van der Waals surface area contributed by atoms with Gasteiger partial charge in [-0.3, -0.25) is 9.59 Å². The Labute approximate surface area is 83.8 Å². The molecule has 0 saturated carbocycles. The SMILES string of the molecule is O=C1CCC(=O)NCC/C=C/CCN1. The number of amides is 2. The first-order valence-electron chi connectivity index (χ1n) is 4.97. The molecule has 0 saturated heterocycles. The zero-order valence-electron chi connectivity index (χ0n) is 8.21. The van der Waals surface area contributed by atoms with E-state index < -0.39 is 0 Å². The third-order valence-electron chi connectivity index (χ3n) is 2.01. The van der Waals surface area contributed by atoms with Crippen LogP contribution in [0.15, 0.2) is 12.2 Å². The molecule has 0 aromatic rings. The predicted octanol–water partition coefficient (Wildman–Crippen LogP) is 0.349. The largest absolute Gasteiger partial charge is 0.356 e. The monoisotopic (exact) mass is 196 g/mol. The summed E-state index contributed by atoms with van der Waals surface area (Å²) in [7, 11) is 0. The molecule has 1 aliphatic rings. The van der Waals surface area contributed by atoms with E-state index in [0.717, 1.165) is 12.8 Å². The highest BCUT2D eigenvalue weighted by molar-refractivity contribution is 5.83. The molecule has 1 rings (SSSR count). The zero-order valence-corrected chi connectivity index (χ0v) is 8.21. The normalized spacial score (nSPS) is 22.6. The molecule has 0 aliphatic carbocycles. The van der Waals surface area contributed by atoms with E-state index in [0.29, 0.717) is 13.1 Å². The van der Waals surface area contributed by atoms with Crippen LogP contribution in [0.25, 0.3) is 0 Å². The molecule has 0 atom stereocenters. The van der Waals surface area contributed by atoms with Crippen LogP contribution in [0.1, 0.15) is 25.7 Å². The van der Waals surface area contributed by atoms with Gasteiger partial charge in [0.25, 0.3) is 0 Å². The molecular formula is C10H16N2O2. The molecule has 14 heavy (non-hydrogen) atoms. The highest BCUT2D eigenvalue weighted by Gasteiger charge is 2.05. The Kier molecular flexibility index (Phi) is 4.75. The van der Waals surface area contributed by atoms with E-state index >= 15 is 0 Å². The minimum atomic E-state index is -0.0471. The fraction of sp³-hybridized carbons (Fsp3) is 0.600. The molecule has 0 unspecified atom stereocenters. The Morgan fingerprint density at radius 1 is 0.857 bits per heavy atom. The maximum absolute atomic E-state index is 11.1. The lowest BCUT2D eigenvalue weighted by atomic mass is 10.2. The summed E-state index contributed by atoms with van der Waals surface area (Å²) in [4.78, 5) is 22.3. The summed E-state index contributed by atoms with van der Waals surface area (Å²) in [5.74, 6) is -0.0942. The molecule has 4 heteroatoms. The zero-order chi connectivity index (χ0) is 10.2. The van der Waals surface area contributed by atoms with Crippen molar-refractivity contribution in [1.82, 2.24) is 10.6 Å². The summed E-state index contributed by atoms with van der Waals surface area (Å²) < 4.78 is 0. The van der Waals surface area contributed by atoms with Gasteiger partial charge in [0.15, 0.2) is 0 Å². The maximum atomic E-state index is 11.1. The first kappa shape index (κ1) is 10.8. The third-order valence-corrected chi connectivity index (χ3v) is 2.01. The summed E-state index contributed by atoms with van der Waals surface area (Å²) >= 11 is 0. The molecule has 0 aromatic heterocycles. The second kappa shape index (κ2) is 6.18. The first-order chi connectivity index (χ1) is 6.79. The fourth-order valence-electron chi connectivity index (χ4n) is 1.23. The van der Waals surface area contributed by atoms with Gasteiger partial charge < -0.3 is 10.6 Å². The molecular weight excluding hydrogens is 180 g/mol. The van der Waals surface area contributed by atoms with Crippen LogP contribution in [0.5, 0.6) is 0 Å². The first-order valence-corrected chi connectivity index (χ1v) is 4.97. The summed E-state index contributed by atoms with van der Waals surface area (Å²) in [5, 5.41) is 5.50. The van der Waals surface area contributed by atoms with Gasteiger partial charge in [0, 0.05) is 25.9 Å². The van der Waals surface area contributed by atoms with Crippen molar-refractivity contribution in [1.29, 1.82) is 0 Å². The Balaban J connectivity index is 2.38. The van der Waals surface area contributed by atoms with Crippen LogP contribution in [0.2, 0.25) is 0 Å². The van der Waals surface area contributed by atoms with E-state index in [4.69, 9.17) is 0 Å². The van der Waals surface area contributed by atoms with Crippen LogP contribution in [0.4, 0.5) is 0 Å². The summed E-state index contributed by atoms with van der Waals surface area (Å²) in [6.45, 7) is 1.33. The van der Waals surface area contributed by atoms with Gasteiger partial charge in [0.2, 0.25) is 11.8 Å². The van der Waals surface area contributed by atoms with Crippen molar-refractivity contribution < 1.29 is 9.59 Å². The van der Waals surface area contributed by atoms with Crippen LogP contribution < -0.4 is 10.6 Å². The van der Waals surface area contributed by atoms with Crippen LogP contribution >= 0.6 is 0 Å². The maximum Gasteiger partial charge on any atom is 0.220 e. The number of hydrogen-bond donors (Lipinski definition) is 2. The molecule has 0 bridgehead atoms. The summed E-state index contributed by atoms with van der Waals surface area (Å²) in [6, 6.07) is 0. The fourth-order valence-corrected chi connectivity index (χ4v) is 1.23. The number of rotatable bonds is 0.